The van der Waals surface area contributed by atoms with Crippen molar-refractivity contribution in [1.29, 1.82) is 5.26 Å². The average molecular weight is 259 g/mol. The number of hydrogen-bond acceptors (Lipinski definition) is 4. The summed E-state index contributed by atoms with van der Waals surface area (Å²) in [5.41, 5.74) is 8.79. The Morgan fingerprint density at radius 1 is 1.53 bits per heavy atom. The van der Waals surface area contributed by atoms with Crippen molar-refractivity contribution in [3.63, 3.8) is 0 Å². The molecule has 4 heteroatoms. The third kappa shape index (κ3) is 2.89. The molecule has 0 aromatic heterocycles. The summed E-state index contributed by atoms with van der Waals surface area (Å²) in [6.07, 6.45) is 2.18. The van der Waals surface area contributed by atoms with Gasteiger partial charge in [-0.1, -0.05) is 6.07 Å². The van der Waals surface area contributed by atoms with Crippen LogP contribution >= 0.6 is 0 Å². The van der Waals surface area contributed by atoms with E-state index in [-0.39, 0.29) is 12.1 Å². The van der Waals surface area contributed by atoms with Gasteiger partial charge in [0.05, 0.1) is 17.4 Å². The molecule has 2 rings (SSSR count). The molecule has 0 amide bonds. The highest BCUT2D eigenvalue weighted by Crippen LogP contribution is 2.29. The first kappa shape index (κ1) is 13.9. The Morgan fingerprint density at radius 2 is 2.32 bits per heavy atom. The van der Waals surface area contributed by atoms with E-state index in [1.54, 1.807) is 7.11 Å². The molecule has 0 radical (unpaired) electrons. The standard InChI is InChI=1S/C15H21N3O/c1-11-3-4-12(9-16)15(7-11)18-6-5-14(19-2)8-13(18)10-17/h3-4,7,13-14H,5-6,8,10,17H2,1-2H3. The van der Waals surface area contributed by atoms with Gasteiger partial charge < -0.3 is 15.4 Å². The number of hydrogen-bond donors (Lipinski definition) is 1. The molecule has 1 aromatic rings. The molecule has 2 atom stereocenters. The largest absolute Gasteiger partial charge is 0.381 e. The second-order valence-electron chi connectivity index (χ2n) is 5.10. The number of rotatable bonds is 3. The SMILES string of the molecule is COC1CCN(c2cc(C)ccc2C#N)C(CN)C1. The lowest BCUT2D eigenvalue weighted by Gasteiger charge is -2.40. The van der Waals surface area contributed by atoms with E-state index < -0.39 is 0 Å². The molecule has 2 unspecified atom stereocenters. The number of benzene rings is 1. The van der Waals surface area contributed by atoms with Crippen molar-refractivity contribution in [2.24, 2.45) is 5.73 Å². The summed E-state index contributed by atoms with van der Waals surface area (Å²) >= 11 is 0. The van der Waals surface area contributed by atoms with Crippen LogP contribution in [0.4, 0.5) is 5.69 Å². The lowest BCUT2D eigenvalue weighted by Crippen LogP contribution is -2.49. The highest BCUT2D eigenvalue weighted by atomic mass is 16.5. The van der Waals surface area contributed by atoms with E-state index in [0.717, 1.165) is 30.6 Å². The molecule has 2 N–H and O–H groups in total. The minimum atomic E-state index is 0.243. The summed E-state index contributed by atoms with van der Waals surface area (Å²) in [5.74, 6) is 0. The zero-order chi connectivity index (χ0) is 13.8. The number of nitrogens with two attached hydrogens (primary N) is 1. The first-order valence-corrected chi connectivity index (χ1v) is 6.69. The number of aryl methyl sites for hydroxylation is 1. The number of nitrogens with zero attached hydrogens (tertiary/aromatic N) is 2. The van der Waals surface area contributed by atoms with E-state index in [0.29, 0.717) is 6.54 Å². The maximum atomic E-state index is 9.26. The molecule has 0 saturated carbocycles. The third-order valence-electron chi connectivity index (χ3n) is 3.86. The second-order valence-corrected chi connectivity index (χ2v) is 5.10. The minimum absolute atomic E-state index is 0.243. The van der Waals surface area contributed by atoms with Gasteiger partial charge in [0.1, 0.15) is 6.07 Å². The van der Waals surface area contributed by atoms with Gasteiger partial charge in [0.2, 0.25) is 0 Å². The van der Waals surface area contributed by atoms with Crippen LogP contribution < -0.4 is 10.6 Å². The Bertz CT molecular complexity index is 481. The van der Waals surface area contributed by atoms with Gasteiger partial charge in [-0.2, -0.15) is 5.26 Å². The van der Waals surface area contributed by atoms with Crippen LogP contribution in [0.5, 0.6) is 0 Å². The van der Waals surface area contributed by atoms with Crippen LogP contribution in [0.15, 0.2) is 18.2 Å². The van der Waals surface area contributed by atoms with Crippen molar-refractivity contribution in [2.45, 2.75) is 31.9 Å². The van der Waals surface area contributed by atoms with Crippen LogP contribution in [0.1, 0.15) is 24.0 Å². The summed E-state index contributed by atoms with van der Waals surface area (Å²) in [6.45, 7) is 3.52. The van der Waals surface area contributed by atoms with E-state index in [2.05, 4.69) is 17.0 Å². The zero-order valence-corrected chi connectivity index (χ0v) is 11.6. The van der Waals surface area contributed by atoms with E-state index in [1.165, 1.54) is 5.56 Å². The van der Waals surface area contributed by atoms with E-state index in [9.17, 15) is 5.26 Å². The zero-order valence-electron chi connectivity index (χ0n) is 11.6. The molecule has 1 aromatic carbocycles. The Labute approximate surface area is 114 Å². The minimum Gasteiger partial charge on any atom is -0.381 e. The highest BCUT2D eigenvalue weighted by Gasteiger charge is 2.28. The topological polar surface area (TPSA) is 62.3 Å². The lowest BCUT2D eigenvalue weighted by molar-refractivity contribution is 0.0709. The second kappa shape index (κ2) is 6.05. The predicted molar refractivity (Wildman–Crippen MR) is 76.1 cm³/mol. The number of piperidine rings is 1. The molecule has 1 aliphatic heterocycles. The van der Waals surface area contributed by atoms with Crippen LogP contribution in [-0.2, 0) is 4.74 Å². The molecule has 0 spiro atoms. The number of methoxy groups -OCH3 is 1. The van der Waals surface area contributed by atoms with E-state index in [1.807, 2.05) is 19.1 Å². The number of nitriles is 1. The van der Waals surface area contributed by atoms with Crippen molar-refractivity contribution in [3.8, 4) is 6.07 Å². The van der Waals surface area contributed by atoms with Crippen LogP contribution in [0, 0.1) is 18.3 Å². The molecular weight excluding hydrogens is 238 g/mol. The highest BCUT2D eigenvalue weighted by molar-refractivity contribution is 5.61. The molecule has 1 saturated heterocycles. The van der Waals surface area contributed by atoms with Gasteiger partial charge in [0.25, 0.3) is 0 Å². The molecule has 0 bridgehead atoms. The summed E-state index contributed by atoms with van der Waals surface area (Å²) in [5, 5.41) is 9.26. The third-order valence-corrected chi connectivity index (χ3v) is 3.86. The molecule has 0 aliphatic carbocycles. The number of ether oxygens (including phenoxy) is 1. The molecule has 1 heterocycles. The fraction of sp³-hybridized carbons (Fsp3) is 0.533. The normalized spacial score (nSPS) is 23.2. The van der Waals surface area contributed by atoms with Crippen LogP contribution in [-0.4, -0.2) is 32.3 Å². The van der Waals surface area contributed by atoms with Crippen molar-refractivity contribution in [3.05, 3.63) is 29.3 Å². The van der Waals surface area contributed by atoms with Gasteiger partial charge in [-0.25, -0.2) is 0 Å². The quantitative estimate of drug-likeness (QED) is 0.899. The molecule has 4 nitrogen and oxygen atoms in total. The first-order chi connectivity index (χ1) is 9.19. The maximum absolute atomic E-state index is 9.26. The fourth-order valence-electron chi connectivity index (χ4n) is 2.74. The van der Waals surface area contributed by atoms with Crippen LogP contribution in [0.2, 0.25) is 0 Å². The van der Waals surface area contributed by atoms with Crippen molar-refractivity contribution in [1.82, 2.24) is 0 Å². The van der Waals surface area contributed by atoms with Crippen molar-refractivity contribution >= 4 is 5.69 Å². The average Bonchev–Trinajstić information content (AvgIpc) is 2.46. The van der Waals surface area contributed by atoms with Gasteiger partial charge in [-0.3, -0.25) is 0 Å². The summed E-state index contributed by atoms with van der Waals surface area (Å²) in [6, 6.07) is 8.46. The molecule has 1 aliphatic rings. The first-order valence-electron chi connectivity index (χ1n) is 6.69. The molecular formula is C15H21N3O. The van der Waals surface area contributed by atoms with Gasteiger partial charge in [-0.05, 0) is 37.5 Å². The fourth-order valence-corrected chi connectivity index (χ4v) is 2.74. The number of anilines is 1. The Hall–Kier alpha value is -1.57. The molecule has 1 fully saturated rings. The Kier molecular flexibility index (Phi) is 4.41. The summed E-state index contributed by atoms with van der Waals surface area (Å²) in [7, 11) is 1.75. The summed E-state index contributed by atoms with van der Waals surface area (Å²) < 4.78 is 5.44. The van der Waals surface area contributed by atoms with Gasteiger partial charge in [0.15, 0.2) is 0 Å². The van der Waals surface area contributed by atoms with Gasteiger partial charge in [-0.15, -0.1) is 0 Å². The lowest BCUT2D eigenvalue weighted by atomic mass is 9.97. The molecule has 19 heavy (non-hydrogen) atoms. The Balaban J connectivity index is 2.30. The summed E-state index contributed by atoms with van der Waals surface area (Å²) in [4.78, 5) is 2.26. The molecule has 102 valence electrons. The monoisotopic (exact) mass is 259 g/mol. The maximum Gasteiger partial charge on any atom is 0.101 e. The predicted octanol–water partition coefficient (Wildman–Crippen LogP) is 1.81. The van der Waals surface area contributed by atoms with E-state index in [4.69, 9.17) is 10.5 Å². The van der Waals surface area contributed by atoms with Crippen molar-refractivity contribution in [2.75, 3.05) is 25.1 Å². The van der Waals surface area contributed by atoms with Crippen LogP contribution in [0.3, 0.4) is 0 Å². The smallest absolute Gasteiger partial charge is 0.101 e. The van der Waals surface area contributed by atoms with Gasteiger partial charge in [0, 0.05) is 26.2 Å². The van der Waals surface area contributed by atoms with Crippen LogP contribution in [0.25, 0.3) is 0 Å². The van der Waals surface area contributed by atoms with Crippen molar-refractivity contribution < 1.29 is 4.74 Å². The van der Waals surface area contributed by atoms with Gasteiger partial charge >= 0.3 is 0 Å². The van der Waals surface area contributed by atoms with E-state index >= 15 is 0 Å². The Morgan fingerprint density at radius 3 is 2.95 bits per heavy atom.